The second-order valence-corrected chi connectivity index (χ2v) is 8.02. The maximum absolute atomic E-state index is 11.5. The van der Waals surface area contributed by atoms with Crippen LogP contribution in [0.5, 0.6) is 0 Å². The Morgan fingerprint density at radius 1 is 1.03 bits per heavy atom. The normalized spacial score (nSPS) is 17.4. The highest BCUT2D eigenvalue weighted by Gasteiger charge is 2.40. The Morgan fingerprint density at radius 3 is 2.60 bits per heavy atom. The number of aromatic amines is 1. The minimum absolute atomic E-state index is 0.00858. The van der Waals surface area contributed by atoms with Crippen molar-refractivity contribution in [1.82, 2.24) is 15.6 Å². The van der Waals surface area contributed by atoms with Gasteiger partial charge in [0.2, 0.25) is 11.8 Å². The lowest BCUT2D eigenvalue weighted by Crippen LogP contribution is -2.35. The van der Waals surface area contributed by atoms with Crippen LogP contribution in [-0.2, 0) is 21.4 Å². The number of aromatic nitrogens is 1. The number of nitrogens with one attached hydrogen (secondary N) is 4. The van der Waals surface area contributed by atoms with Gasteiger partial charge in [0.05, 0.1) is 0 Å². The van der Waals surface area contributed by atoms with Gasteiger partial charge in [0.1, 0.15) is 0 Å². The van der Waals surface area contributed by atoms with Gasteiger partial charge in [0.15, 0.2) is 0 Å². The minimum Gasteiger partial charge on any atom is -0.384 e. The fourth-order valence-electron chi connectivity index (χ4n) is 4.53. The molecular weight excluding hydrogens is 376 g/mol. The molecule has 6 heteroatoms. The molecule has 0 fully saturated rings. The third-order valence-corrected chi connectivity index (χ3v) is 6.04. The minimum atomic E-state index is -0.209. The summed E-state index contributed by atoms with van der Waals surface area (Å²) in [7, 11) is 0. The Bertz CT molecular complexity index is 1090. The molecule has 6 nitrogen and oxygen atoms in total. The van der Waals surface area contributed by atoms with Crippen LogP contribution in [-0.4, -0.2) is 36.4 Å². The van der Waals surface area contributed by atoms with E-state index in [4.69, 9.17) is 0 Å². The summed E-state index contributed by atoms with van der Waals surface area (Å²) >= 11 is 0. The van der Waals surface area contributed by atoms with E-state index in [0.717, 1.165) is 30.6 Å². The quantitative estimate of drug-likeness (QED) is 0.488. The maximum Gasteiger partial charge on any atom is 0.216 e. The van der Waals surface area contributed by atoms with Crippen molar-refractivity contribution in [2.24, 2.45) is 0 Å². The van der Waals surface area contributed by atoms with Gasteiger partial charge >= 0.3 is 0 Å². The van der Waals surface area contributed by atoms with Gasteiger partial charge < -0.3 is 20.9 Å². The summed E-state index contributed by atoms with van der Waals surface area (Å²) in [6, 6.07) is 15.0. The topological polar surface area (TPSA) is 86.0 Å². The van der Waals surface area contributed by atoms with E-state index in [0.29, 0.717) is 13.1 Å². The summed E-state index contributed by atoms with van der Waals surface area (Å²) in [5.74, 6) is -0.0215. The van der Waals surface area contributed by atoms with E-state index < -0.39 is 0 Å². The lowest BCUT2D eigenvalue weighted by atomic mass is 9.73. The lowest BCUT2D eigenvalue weighted by Gasteiger charge is -2.30. The second kappa shape index (κ2) is 8.22. The zero-order valence-corrected chi connectivity index (χ0v) is 17.5. The first-order valence-electron chi connectivity index (χ1n) is 10.4. The fourth-order valence-corrected chi connectivity index (χ4v) is 4.53. The van der Waals surface area contributed by atoms with Crippen LogP contribution in [0.3, 0.4) is 0 Å². The standard InChI is InChI=1S/C24H28N4O2/c1-16(29)25-11-9-18-14-27-22-8-7-19(13-20(18)22)24(10-12-26-17(2)30)15-28-23-6-4-3-5-21(23)24/h3-8,13-14,27-28H,9-12,15H2,1-2H3,(H,25,29)(H,26,30). The molecular formula is C24H28N4O2. The van der Waals surface area contributed by atoms with Crippen LogP contribution in [0.2, 0.25) is 0 Å². The summed E-state index contributed by atoms with van der Waals surface area (Å²) in [4.78, 5) is 26.0. The van der Waals surface area contributed by atoms with Gasteiger partial charge in [0.25, 0.3) is 0 Å². The predicted octanol–water partition coefficient (Wildman–Crippen LogP) is 3.08. The van der Waals surface area contributed by atoms with Gasteiger partial charge in [-0.3, -0.25) is 9.59 Å². The van der Waals surface area contributed by atoms with E-state index in [9.17, 15) is 9.59 Å². The molecule has 2 amide bonds. The van der Waals surface area contributed by atoms with E-state index >= 15 is 0 Å². The summed E-state index contributed by atoms with van der Waals surface area (Å²) in [6.07, 6.45) is 3.62. The fraction of sp³-hybridized carbons (Fsp3) is 0.333. The molecule has 2 heterocycles. The Morgan fingerprint density at radius 2 is 1.80 bits per heavy atom. The SMILES string of the molecule is CC(=O)NCCc1c[nH]c2ccc(C3(CCNC(C)=O)CNc4ccccc43)cc12. The number of para-hydroxylation sites is 1. The first-order chi connectivity index (χ1) is 14.5. The van der Waals surface area contributed by atoms with E-state index in [-0.39, 0.29) is 17.2 Å². The molecule has 1 unspecified atom stereocenters. The summed E-state index contributed by atoms with van der Waals surface area (Å²) in [5.41, 5.74) is 5.73. The molecule has 1 atom stereocenters. The molecule has 3 aromatic rings. The number of benzene rings is 2. The Hall–Kier alpha value is -3.28. The molecule has 0 aliphatic carbocycles. The van der Waals surface area contributed by atoms with Gasteiger partial charge in [0, 0.05) is 61.7 Å². The highest BCUT2D eigenvalue weighted by Crippen LogP contribution is 2.44. The monoisotopic (exact) mass is 404 g/mol. The van der Waals surface area contributed by atoms with Crippen molar-refractivity contribution >= 4 is 28.4 Å². The maximum atomic E-state index is 11.5. The van der Waals surface area contributed by atoms with Gasteiger partial charge in [-0.05, 0) is 47.7 Å². The summed E-state index contributed by atoms with van der Waals surface area (Å²) < 4.78 is 0. The summed E-state index contributed by atoms with van der Waals surface area (Å²) in [5, 5.41) is 10.6. The van der Waals surface area contributed by atoms with Crippen LogP contribution in [0.15, 0.2) is 48.7 Å². The Labute approximate surface area is 176 Å². The van der Waals surface area contributed by atoms with Crippen LogP contribution in [0, 0.1) is 0 Å². The summed E-state index contributed by atoms with van der Waals surface area (Å²) in [6.45, 7) is 5.12. The number of hydrogen-bond donors (Lipinski definition) is 4. The molecule has 1 aromatic heterocycles. The lowest BCUT2D eigenvalue weighted by molar-refractivity contribution is -0.119. The van der Waals surface area contributed by atoms with Crippen LogP contribution in [0.1, 0.15) is 37.0 Å². The smallest absolute Gasteiger partial charge is 0.216 e. The van der Waals surface area contributed by atoms with Gasteiger partial charge in [-0.15, -0.1) is 0 Å². The highest BCUT2D eigenvalue weighted by atomic mass is 16.2. The average Bonchev–Trinajstić information content (AvgIpc) is 3.30. The van der Waals surface area contributed by atoms with E-state index in [1.165, 1.54) is 29.0 Å². The largest absolute Gasteiger partial charge is 0.384 e. The molecule has 0 saturated carbocycles. The zero-order valence-electron chi connectivity index (χ0n) is 17.5. The molecule has 0 radical (unpaired) electrons. The van der Waals surface area contributed by atoms with Crippen LogP contribution >= 0.6 is 0 Å². The van der Waals surface area contributed by atoms with E-state index in [2.05, 4.69) is 57.3 Å². The predicted molar refractivity (Wildman–Crippen MR) is 120 cm³/mol. The third-order valence-electron chi connectivity index (χ3n) is 6.04. The first-order valence-corrected chi connectivity index (χ1v) is 10.4. The second-order valence-electron chi connectivity index (χ2n) is 8.02. The Kier molecular flexibility index (Phi) is 5.48. The van der Waals surface area contributed by atoms with Crippen LogP contribution in [0.4, 0.5) is 5.69 Å². The number of anilines is 1. The van der Waals surface area contributed by atoms with Gasteiger partial charge in [-0.25, -0.2) is 0 Å². The molecule has 1 aliphatic heterocycles. The van der Waals surface area contributed by atoms with Crippen LogP contribution < -0.4 is 16.0 Å². The number of amides is 2. The zero-order chi connectivity index (χ0) is 21.1. The van der Waals surface area contributed by atoms with Gasteiger partial charge in [-0.1, -0.05) is 24.3 Å². The molecule has 0 spiro atoms. The number of fused-ring (bicyclic) bond motifs is 2. The number of rotatable bonds is 7. The number of carbonyl (C=O) groups excluding carboxylic acids is 2. The number of H-pyrrole nitrogens is 1. The van der Waals surface area contributed by atoms with Crippen LogP contribution in [0.25, 0.3) is 10.9 Å². The molecule has 2 aromatic carbocycles. The first kappa shape index (κ1) is 20.0. The number of carbonyl (C=O) groups is 2. The third kappa shape index (κ3) is 3.77. The highest BCUT2D eigenvalue weighted by molar-refractivity contribution is 5.85. The van der Waals surface area contributed by atoms with Crippen molar-refractivity contribution in [3.8, 4) is 0 Å². The molecule has 0 saturated heterocycles. The van der Waals surface area contributed by atoms with Crippen molar-refractivity contribution in [1.29, 1.82) is 0 Å². The molecule has 0 bridgehead atoms. The van der Waals surface area contributed by atoms with Crippen molar-refractivity contribution in [3.63, 3.8) is 0 Å². The average molecular weight is 405 g/mol. The Balaban J connectivity index is 1.72. The van der Waals surface area contributed by atoms with Crippen molar-refractivity contribution in [2.45, 2.75) is 32.1 Å². The van der Waals surface area contributed by atoms with Crippen molar-refractivity contribution in [3.05, 3.63) is 65.4 Å². The molecule has 156 valence electrons. The van der Waals surface area contributed by atoms with Crippen molar-refractivity contribution < 1.29 is 9.59 Å². The van der Waals surface area contributed by atoms with E-state index in [1.807, 2.05) is 12.3 Å². The van der Waals surface area contributed by atoms with Crippen molar-refractivity contribution in [2.75, 3.05) is 25.0 Å². The van der Waals surface area contributed by atoms with Gasteiger partial charge in [-0.2, -0.15) is 0 Å². The van der Waals surface area contributed by atoms with E-state index in [1.54, 1.807) is 6.92 Å². The molecule has 1 aliphatic rings. The molecule has 30 heavy (non-hydrogen) atoms. The molecule has 4 N–H and O–H groups in total. The number of hydrogen-bond acceptors (Lipinski definition) is 3. The molecule has 4 rings (SSSR count).